The van der Waals surface area contributed by atoms with Crippen molar-refractivity contribution in [2.45, 2.75) is 19.8 Å². The van der Waals surface area contributed by atoms with Crippen LogP contribution in [0.5, 0.6) is 0 Å². The second-order valence-corrected chi connectivity index (χ2v) is 5.97. The van der Waals surface area contributed by atoms with Crippen LogP contribution in [0.15, 0.2) is 18.3 Å². The van der Waals surface area contributed by atoms with Gasteiger partial charge in [0.1, 0.15) is 10.7 Å². The van der Waals surface area contributed by atoms with E-state index in [1.807, 2.05) is 13.0 Å². The fourth-order valence-corrected chi connectivity index (χ4v) is 3.25. The molecule has 7 heteroatoms. The third-order valence-electron chi connectivity index (χ3n) is 3.48. The second kappa shape index (κ2) is 5.69. The molecule has 0 atom stereocenters. The summed E-state index contributed by atoms with van der Waals surface area (Å²) >= 11 is 1.35. The van der Waals surface area contributed by atoms with E-state index in [2.05, 4.69) is 20.2 Å². The molecule has 0 spiro atoms. The normalized spacial score (nSPS) is 14.4. The van der Waals surface area contributed by atoms with E-state index < -0.39 is 0 Å². The smallest absolute Gasteiger partial charge is 0.269 e. The Morgan fingerprint density at radius 3 is 2.90 bits per heavy atom. The summed E-state index contributed by atoms with van der Waals surface area (Å²) in [6, 6.07) is 3.60. The maximum absolute atomic E-state index is 12.3. The molecule has 3 N–H and O–H groups in total. The van der Waals surface area contributed by atoms with Crippen molar-refractivity contribution >= 4 is 33.9 Å². The number of nitrogens with two attached hydrogens (primary N) is 1. The Hall–Kier alpha value is -2.15. The predicted octanol–water partition coefficient (Wildman–Crippen LogP) is 2.28. The van der Waals surface area contributed by atoms with Crippen molar-refractivity contribution in [3.8, 4) is 0 Å². The van der Waals surface area contributed by atoms with E-state index in [1.165, 1.54) is 11.3 Å². The Kier molecular flexibility index (Phi) is 3.74. The van der Waals surface area contributed by atoms with Crippen LogP contribution in [0.4, 0.5) is 16.6 Å². The molecule has 21 heavy (non-hydrogen) atoms. The Labute approximate surface area is 127 Å². The van der Waals surface area contributed by atoms with Gasteiger partial charge < -0.3 is 16.0 Å². The van der Waals surface area contributed by atoms with E-state index in [-0.39, 0.29) is 5.91 Å². The molecule has 0 radical (unpaired) electrons. The third-order valence-corrected chi connectivity index (χ3v) is 4.61. The molecular formula is C14H17N5OS. The van der Waals surface area contributed by atoms with Gasteiger partial charge in [-0.3, -0.25) is 9.78 Å². The zero-order valence-electron chi connectivity index (χ0n) is 11.8. The van der Waals surface area contributed by atoms with Gasteiger partial charge in [-0.15, -0.1) is 0 Å². The first kappa shape index (κ1) is 13.8. The number of rotatable bonds is 3. The molecule has 6 nitrogen and oxygen atoms in total. The van der Waals surface area contributed by atoms with Crippen LogP contribution in [0.2, 0.25) is 0 Å². The fourth-order valence-electron chi connectivity index (χ4n) is 2.32. The van der Waals surface area contributed by atoms with Crippen molar-refractivity contribution in [2.75, 3.05) is 29.0 Å². The van der Waals surface area contributed by atoms with Crippen LogP contribution in [0, 0.1) is 6.92 Å². The van der Waals surface area contributed by atoms with Crippen LogP contribution in [0.25, 0.3) is 0 Å². The fraction of sp³-hybridized carbons (Fsp3) is 0.357. The molecule has 0 aromatic carbocycles. The van der Waals surface area contributed by atoms with Crippen molar-refractivity contribution in [2.24, 2.45) is 0 Å². The van der Waals surface area contributed by atoms with Crippen LogP contribution in [0.3, 0.4) is 0 Å². The molecule has 110 valence electrons. The number of pyridine rings is 1. The maximum Gasteiger partial charge on any atom is 0.269 e. The highest BCUT2D eigenvalue weighted by atomic mass is 32.1. The SMILES string of the molecule is Cc1ncccc1NC(=O)c1sc(N2CCCC2)nc1N. The standard InChI is InChI=1S/C14H17N5OS/c1-9-10(5-4-6-16-9)17-13(20)11-12(15)18-14(21-11)19-7-2-3-8-19/h4-6H,2-3,7-8,15H2,1H3,(H,17,20). The van der Waals surface area contributed by atoms with Crippen LogP contribution >= 0.6 is 11.3 Å². The second-order valence-electron chi connectivity index (χ2n) is 5.00. The number of nitrogens with zero attached hydrogens (tertiary/aromatic N) is 3. The van der Waals surface area contributed by atoms with E-state index in [9.17, 15) is 4.79 Å². The molecular weight excluding hydrogens is 286 g/mol. The van der Waals surface area contributed by atoms with Gasteiger partial charge in [0.2, 0.25) is 0 Å². The quantitative estimate of drug-likeness (QED) is 0.908. The number of nitrogen functional groups attached to an aromatic ring is 1. The molecule has 1 fully saturated rings. The van der Waals surface area contributed by atoms with Gasteiger partial charge >= 0.3 is 0 Å². The zero-order valence-corrected chi connectivity index (χ0v) is 12.6. The molecule has 1 amide bonds. The van der Waals surface area contributed by atoms with Crippen molar-refractivity contribution in [1.29, 1.82) is 0 Å². The number of thiazole rings is 1. The summed E-state index contributed by atoms with van der Waals surface area (Å²) < 4.78 is 0. The summed E-state index contributed by atoms with van der Waals surface area (Å²) in [5, 5.41) is 3.67. The first-order valence-corrected chi connectivity index (χ1v) is 7.71. The number of carbonyl (C=O) groups is 1. The van der Waals surface area contributed by atoms with Crippen LogP contribution in [-0.4, -0.2) is 29.0 Å². The Morgan fingerprint density at radius 2 is 2.19 bits per heavy atom. The summed E-state index contributed by atoms with van der Waals surface area (Å²) in [5.74, 6) is 0.0625. The van der Waals surface area contributed by atoms with Crippen molar-refractivity contribution in [3.05, 3.63) is 28.9 Å². The Bertz CT molecular complexity index is 663. The highest BCUT2D eigenvalue weighted by Crippen LogP contribution is 2.31. The minimum Gasteiger partial charge on any atom is -0.382 e. The maximum atomic E-state index is 12.3. The molecule has 0 unspecified atom stereocenters. The Morgan fingerprint density at radius 1 is 1.43 bits per heavy atom. The molecule has 2 aromatic rings. The van der Waals surface area contributed by atoms with E-state index in [1.54, 1.807) is 12.3 Å². The van der Waals surface area contributed by atoms with Crippen molar-refractivity contribution in [3.63, 3.8) is 0 Å². The average Bonchev–Trinajstić information content (AvgIpc) is 3.10. The topological polar surface area (TPSA) is 84.1 Å². The Balaban J connectivity index is 1.80. The lowest BCUT2D eigenvalue weighted by molar-refractivity contribution is 0.103. The van der Waals surface area contributed by atoms with E-state index in [4.69, 9.17) is 5.73 Å². The minimum atomic E-state index is -0.230. The number of aryl methyl sites for hydroxylation is 1. The lowest BCUT2D eigenvalue weighted by atomic mass is 10.3. The number of hydrogen-bond acceptors (Lipinski definition) is 6. The molecule has 1 aliphatic rings. The summed E-state index contributed by atoms with van der Waals surface area (Å²) in [4.78, 5) is 23.5. The number of hydrogen-bond donors (Lipinski definition) is 2. The zero-order chi connectivity index (χ0) is 14.8. The lowest BCUT2D eigenvalue weighted by Crippen LogP contribution is -2.17. The van der Waals surface area contributed by atoms with E-state index in [0.29, 0.717) is 16.4 Å². The highest BCUT2D eigenvalue weighted by Gasteiger charge is 2.22. The van der Waals surface area contributed by atoms with Crippen molar-refractivity contribution < 1.29 is 4.79 Å². The monoisotopic (exact) mass is 303 g/mol. The van der Waals surface area contributed by atoms with Crippen LogP contribution < -0.4 is 16.0 Å². The molecule has 3 heterocycles. The minimum absolute atomic E-state index is 0.230. The highest BCUT2D eigenvalue weighted by molar-refractivity contribution is 7.18. The van der Waals surface area contributed by atoms with Crippen LogP contribution in [-0.2, 0) is 0 Å². The number of carbonyl (C=O) groups excluding carboxylic acids is 1. The van der Waals surface area contributed by atoms with Crippen molar-refractivity contribution in [1.82, 2.24) is 9.97 Å². The molecule has 3 rings (SSSR count). The number of aromatic nitrogens is 2. The molecule has 1 saturated heterocycles. The number of anilines is 3. The van der Waals surface area contributed by atoms with Gasteiger partial charge in [-0.05, 0) is 31.9 Å². The molecule has 0 bridgehead atoms. The average molecular weight is 303 g/mol. The summed E-state index contributed by atoms with van der Waals surface area (Å²) in [7, 11) is 0. The largest absolute Gasteiger partial charge is 0.382 e. The third kappa shape index (κ3) is 2.82. The molecule has 0 saturated carbocycles. The van der Waals surface area contributed by atoms with Gasteiger partial charge in [0, 0.05) is 19.3 Å². The van der Waals surface area contributed by atoms with E-state index in [0.717, 1.165) is 36.8 Å². The molecule has 0 aliphatic carbocycles. The first-order chi connectivity index (χ1) is 10.1. The summed E-state index contributed by atoms with van der Waals surface area (Å²) in [5.41, 5.74) is 7.36. The predicted molar refractivity (Wildman–Crippen MR) is 84.9 cm³/mol. The summed E-state index contributed by atoms with van der Waals surface area (Å²) in [6.45, 7) is 3.81. The summed E-state index contributed by atoms with van der Waals surface area (Å²) in [6.07, 6.45) is 4.02. The molecule has 2 aromatic heterocycles. The first-order valence-electron chi connectivity index (χ1n) is 6.89. The lowest BCUT2D eigenvalue weighted by Gasteiger charge is -2.11. The van der Waals surface area contributed by atoms with E-state index >= 15 is 0 Å². The molecule has 1 aliphatic heterocycles. The van der Waals surface area contributed by atoms with Gasteiger partial charge in [0.05, 0.1) is 11.4 Å². The van der Waals surface area contributed by atoms with Gasteiger partial charge in [-0.25, -0.2) is 4.98 Å². The number of amides is 1. The van der Waals surface area contributed by atoms with Gasteiger partial charge in [-0.1, -0.05) is 11.3 Å². The van der Waals surface area contributed by atoms with Crippen LogP contribution in [0.1, 0.15) is 28.2 Å². The van der Waals surface area contributed by atoms with Gasteiger partial charge in [-0.2, -0.15) is 0 Å². The number of nitrogens with one attached hydrogen (secondary N) is 1. The van der Waals surface area contributed by atoms with Gasteiger partial charge in [0.25, 0.3) is 5.91 Å². The van der Waals surface area contributed by atoms with Gasteiger partial charge in [0.15, 0.2) is 5.13 Å².